The van der Waals surface area contributed by atoms with Crippen LogP contribution in [-0.2, 0) is 9.53 Å². The molecule has 0 aromatic carbocycles. The Kier molecular flexibility index (Phi) is 10.3. The van der Waals surface area contributed by atoms with E-state index in [9.17, 15) is 4.79 Å². The minimum atomic E-state index is -0.134. The Labute approximate surface area is 106 Å². The molecule has 0 aliphatic heterocycles. The fourth-order valence-corrected chi connectivity index (χ4v) is 1.56. The Hall–Kier alpha value is -0.545. The molecule has 2 atom stereocenters. The highest BCUT2D eigenvalue weighted by Gasteiger charge is 2.06. The molecule has 17 heavy (non-hydrogen) atoms. The highest BCUT2D eigenvalue weighted by Crippen LogP contribution is 2.01. The maximum atomic E-state index is 11.1. The van der Waals surface area contributed by atoms with Gasteiger partial charge in [-0.25, -0.2) is 0 Å². The number of carbonyl (C=O) groups excluding carboxylic acids is 1. The summed E-state index contributed by atoms with van der Waals surface area (Å²) >= 11 is 0. The zero-order chi connectivity index (χ0) is 13.1. The fraction of sp³-hybridized carbons (Fsp3) is 0.917. The number of esters is 1. The second-order valence-corrected chi connectivity index (χ2v) is 4.30. The number of hydrogen-bond acceptors (Lipinski definition) is 4. The van der Waals surface area contributed by atoms with Gasteiger partial charge in [0.1, 0.15) is 0 Å². The van der Waals surface area contributed by atoms with E-state index in [2.05, 4.69) is 24.5 Å². The van der Waals surface area contributed by atoms with Gasteiger partial charge in [-0.3, -0.25) is 4.79 Å². The van der Waals surface area contributed by atoms with Crippen LogP contribution in [0.2, 0.25) is 0 Å². The topological polar surface area (TPSA) is 50.4 Å². The van der Waals surface area contributed by atoms with Crippen LogP contribution < -0.4 is 10.6 Å². The van der Waals surface area contributed by atoms with E-state index in [0.29, 0.717) is 38.1 Å². The average molecular weight is 240 g/mol. The second-order valence-electron chi connectivity index (χ2n) is 4.30. The molecule has 2 radical (unpaired) electrons. The number of carbonyl (C=O) groups is 1. The lowest BCUT2D eigenvalue weighted by Crippen LogP contribution is -2.32. The van der Waals surface area contributed by atoms with Crippen LogP contribution in [0.4, 0.5) is 0 Å². The lowest BCUT2D eigenvalue weighted by atomic mass is 10.1. The molecule has 0 spiro atoms. The van der Waals surface area contributed by atoms with Crippen molar-refractivity contribution in [3.8, 4) is 0 Å². The van der Waals surface area contributed by atoms with Crippen LogP contribution in [0.5, 0.6) is 0 Å². The summed E-state index contributed by atoms with van der Waals surface area (Å²) in [4.78, 5) is 11.1. The van der Waals surface area contributed by atoms with Crippen LogP contribution in [0.1, 0.15) is 40.0 Å². The van der Waals surface area contributed by atoms with E-state index in [0.717, 1.165) is 12.8 Å². The third-order valence-corrected chi connectivity index (χ3v) is 2.63. The van der Waals surface area contributed by atoms with Gasteiger partial charge in [0, 0.05) is 18.6 Å². The van der Waals surface area contributed by atoms with Crippen molar-refractivity contribution in [1.82, 2.24) is 10.6 Å². The van der Waals surface area contributed by atoms with Crippen LogP contribution in [0.3, 0.4) is 0 Å². The first-order chi connectivity index (χ1) is 8.10. The van der Waals surface area contributed by atoms with Crippen LogP contribution in [0.25, 0.3) is 0 Å². The van der Waals surface area contributed by atoms with E-state index in [1.165, 1.54) is 0 Å². The molecule has 0 aliphatic carbocycles. The first-order valence-corrected chi connectivity index (χ1v) is 6.42. The van der Waals surface area contributed by atoms with E-state index >= 15 is 0 Å². The van der Waals surface area contributed by atoms with Gasteiger partial charge in [-0.2, -0.15) is 0 Å². The van der Waals surface area contributed by atoms with Gasteiger partial charge in [0.25, 0.3) is 0 Å². The number of rotatable bonds is 10. The monoisotopic (exact) mass is 240 g/mol. The molecular formula is C12H25BN2O2. The minimum absolute atomic E-state index is 0.134. The van der Waals surface area contributed by atoms with Crippen molar-refractivity contribution in [3.05, 3.63) is 0 Å². The fourth-order valence-electron chi connectivity index (χ4n) is 1.56. The van der Waals surface area contributed by atoms with Crippen molar-refractivity contribution in [2.75, 3.05) is 19.6 Å². The van der Waals surface area contributed by atoms with E-state index in [4.69, 9.17) is 12.6 Å². The Bertz CT molecular complexity index is 203. The van der Waals surface area contributed by atoms with Crippen molar-refractivity contribution in [1.29, 1.82) is 0 Å². The molecule has 0 saturated heterocycles. The summed E-state index contributed by atoms with van der Waals surface area (Å²) < 4.78 is 4.85. The van der Waals surface area contributed by atoms with E-state index in [-0.39, 0.29) is 5.97 Å². The van der Waals surface area contributed by atoms with Crippen molar-refractivity contribution >= 4 is 13.8 Å². The maximum Gasteiger partial charge on any atom is 0.307 e. The van der Waals surface area contributed by atoms with Crippen LogP contribution in [0, 0.1) is 0 Å². The molecule has 98 valence electrons. The largest absolute Gasteiger partial charge is 0.466 e. The zero-order valence-electron chi connectivity index (χ0n) is 11.3. The van der Waals surface area contributed by atoms with Crippen LogP contribution in [-0.4, -0.2) is 45.5 Å². The van der Waals surface area contributed by atoms with Crippen molar-refractivity contribution < 1.29 is 9.53 Å². The summed E-state index contributed by atoms with van der Waals surface area (Å²) in [5, 5.41) is 6.48. The normalized spacial score (nSPS) is 14.3. The van der Waals surface area contributed by atoms with Gasteiger partial charge < -0.3 is 15.4 Å². The Morgan fingerprint density at radius 1 is 1.24 bits per heavy atom. The van der Waals surface area contributed by atoms with E-state index < -0.39 is 0 Å². The minimum Gasteiger partial charge on any atom is -0.466 e. The van der Waals surface area contributed by atoms with Crippen LogP contribution >= 0.6 is 0 Å². The van der Waals surface area contributed by atoms with Gasteiger partial charge in [-0.05, 0) is 40.1 Å². The van der Waals surface area contributed by atoms with E-state index in [1.807, 2.05) is 6.92 Å². The molecule has 4 nitrogen and oxygen atoms in total. The van der Waals surface area contributed by atoms with Gasteiger partial charge in [0.15, 0.2) is 0 Å². The van der Waals surface area contributed by atoms with Crippen molar-refractivity contribution in [2.24, 2.45) is 0 Å². The summed E-state index contributed by atoms with van der Waals surface area (Å²) in [5.74, 6) is -0.134. The standard InChI is InChI=1S/C12H25BN2O2/c1-4-17-12(16)7-8-14-10(2)5-6-11(3)15-9-13/h10-11,14-15H,4-9H2,1-3H3. The first-order valence-electron chi connectivity index (χ1n) is 6.42. The van der Waals surface area contributed by atoms with Gasteiger partial charge in [0.2, 0.25) is 0 Å². The molecule has 0 bridgehead atoms. The molecule has 0 aliphatic rings. The predicted molar refractivity (Wildman–Crippen MR) is 71.2 cm³/mol. The average Bonchev–Trinajstić information content (AvgIpc) is 2.27. The highest BCUT2D eigenvalue weighted by molar-refractivity contribution is 6.08. The molecule has 0 fully saturated rings. The first kappa shape index (κ1) is 16.5. The highest BCUT2D eigenvalue weighted by atomic mass is 16.5. The molecule has 0 aromatic rings. The van der Waals surface area contributed by atoms with E-state index in [1.54, 1.807) is 0 Å². The lowest BCUT2D eigenvalue weighted by Gasteiger charge is -2.17. The summed E-state index contributed by atoms with van der Waals surface area (Å²) in [7, 11) is 5.40. The van der Waals surface area contributed by atoms with Gasteiger partial charge in [-0.15, -0.1) is 0 Å². The Morgan fingerprint density at radius 3 is 2.35 bits per heavy atom. The summed E-state index contributed by atoms with van der Waals surface area (Å²) in [6.07, 6.45) is 3.10. The molecule has 0 heterocycles. The molecule has 0 aromatic heterocycles. The molecule has 0 rings (SSSR count). The van der Waals surface area contributed by atoms with Crippen molar-refractivity contribution in [3.63, 3.8) is 0 Å². The molecule has 0 saturated carbocycles. The molecular weight excluding hydrogens is 215 g/mol. The SMILES string of the molecule is [B]CNC(C)CCC(C)NCCC(=O)OCC. The summed E-state index contributed by atoms with van der Waals surface area (Å²) in [6, 6.07) is 0.848. The molecule has 5 heteroatoms. The summed E-state index contributed by atoms with van der Waals surface area (Å²) in [6.45, 7) is 7.20. The van der Waals surface area contributed by atoms with Gasteiger partial charge >= 0.3 is 5.97 Å². The predicted octanol–water partition coefficient (Wildman–Crippen LogP) is 0.802. The molecule has 2 unspecified atom stereocenters. The van der Waals surface area contributed by atoms with Crippen LogP contribution in [0.15, 0.2) is 0 Å². The second kappa shape index (κ2) is 10.6. The quantitative estimate of drug-likeness (QED) is 0.438. The maximum absolute atomic E-state index is 11.1. The summed E-state index contributed by atoms with van der Waals surface area (Å²) in [5.41, 5.74) is 0. The zero-order valence-corrected chi connectivity index (χ0v) is 11.3. The third-order valence-electron chi connectivity index (χ3n) is 2.63. The van der Waals surface area contributed by atoms with Gasteiger partial charge in [-0.1, -0.05) is 0 Å². The Balaban J connectivity index is 3.46. The third kappa shape index (κ3) is 10.3. The number of nitrogens with one attached hydrogen (secondary N) is 2. The molecule has 2 N–H and O–H groups in total. The lowest BCUT2D eigenvalue weighted by molar-refractivity contribution is -0.142. The van der Waals surface area contributed by atoms with Gasteiger partial charge in [0.05, 0.1) is 20.9 Å². The molecule has 0 amide bonds. The number of ether oxygens (including phenoxy) is 1. The Morgan fingerprint density at radius 2 is 1.82 bits per heavy atom. The van der Waals surface area contributed by atoms with Crippen molar-refractivity contribution in [2.45, 2.75) is 52.1 Å². The number of hydrogen-bond donors (Lipinski definition) is 2. The smallest absolute Gasteiger partial charge is 0.307 e.